The topological polar surface area (TPSA) is 38.0 Å². The summed E-state index contributed by atoms with van der Waals surface area (Å²) in [5.74, 6) is 0. The maximum Gasteiger partial charge on any atom is 0.0899 e. The third-order valence-corrected chi connectivity index (χ3v) is 4.38. The van der Waals surface area contributed by atoms with Crippen molar-refractivity contribution < 1.29 is 5.11 Å². The van der Waals surface area contributed by atoms with E-state index in [1.165, 1.54) is 5.69 Å². The molecule has 2 aromatic heterocycles. The van der Waals surface area contributed by atoms with Crippen LogP contribution in [0.1, 0.15) is 43.0 Å². The molecule has 3 heteroatoms. The van der Waals surface area contributed by atoms with Gasteiger partial charge in [0.2, 0.25) is 0 Å². The third kappa shape index (κ3) is 2.30. The van der Waals surface area contributed by atoms with Crippen molar-refractivity contribution in [2.24, 2.45) is 0 Å². The molecule has 3 rings (SSSR count). The third-order valence-electron chi connectivity index (χ3n) is 4.38. The van der Waals surface area contributed by atoms with E-state index in [-0.39, 0.29) is 0 Å². The van der Waals surface area contributed by atoms with Crippen molar-refractivity contribution in [3.8, 4) is 0 Å². The van der Waals surface area contributed by atoms with Gasteiger partial charge in [-0.25, -0.2) is 0 Å². The van der Waals surface area contributed by atoms with E-state index in [0.29, 0.717) is 6.04 Å². The fourth-order valence-corrected chi connectivity index (χ4v) is 3.20. The molecule has 19 heavy (non-hydrogen) atoms. The molecule has 0 aromatic carbocycles. The fourth-order valence-electron chi connectivity index (χ4n) is 3.20. The van der Waals surface area contributed by atoms with E-state index in [1.54, 1.807) is 12.4 Å². The number of hydrogen-bond acceptors (Lipinski definition) is 2. The molecule has 0 spiro atoms. The molecular formula is C16H20N2O. The van der Waals surface area contributed by atoms with Gasteiger partial charge in [-0.3, -0.25) is 4.98 Å². The minimum atomic E-state index is -0.666. The highest BCUT2D eigenvalue weighted by Gasteiger charge is 2.35. The Morgan fingerprint density at radius 3 is 2.47 bits per heavy atom. The van der Waals surface area contributed by atoms with Crippen LogP contribution in [0.2, 0.25) is 0 Å². The van der Waals surface area contributed by atoms with E-state index in [4.69, 9.17) is 0 Å². The molecule has 0 radical (unpaired) electrons. The Bertz CT molecular complexity index is 539. The zero-order valence-electron chi connectivity index (χ0n) is 11.3. The van der Waals surface area contributed by atoms with Gasteiger partial charge in [0.1, 0.15) is 0 Å². The molecule has 1 aliphatic rings. The van der Waals surface area contributed by atoms with Crippen LogP contribution in [0.4, 0.5) is 0 Å². The normalized spacial score (nSPS) is 27.4. The average molecular weight is 256 g/mol. The Balaban J connectivity index is 1.75. The summed E-state index contributed by atoms with van der Waals surface area (Å²) in [6.45, 7) is 2.14. The maximum absolute atomic E-state index is 10.8. The molecule has 0 saturated heterocycles. The summed E-state index contributed by atoms with van der Waals surface area (Å²) in [5, 5.41) is 10.8. The van der Waals surface area contributed by atoms with E-state index in [2.05, 4.69) is 34.8 Å². The molecule has 1 fully saturated rings. The zero-order valence-corrected chi connectivity index (χ0v) is 11.3. The Morgan fingerprint density at radius 2 is 1.89 bits per heavy atom. The smallest absolute Gasteiger partial charge is 0.0899 e. The first-order chi connectivity index (χ1) is 9.19. The minimum absolute atomic E-state index is 0.525. The number of hydrogen-bond donors (Lipinski definition) is 1. The summed E-state index contributed by atoms with van der Waals surface area (Å²) in [5.41, 5.74) is 1.64. The second-order valence-corrected chi connectivity index (χ2v) is 5.56. The van der Waals surface area contributed by atoms with E-state index in [9.17, 15) is 5.11 Å². The van der Waals surface area contributed by atoms with Gasteiger partial charge in [0.25, 0.3) is 0 Å². The lowest BCUT2D eigenvalue weighted by Crippen LogP contribution is -2.32. The number of rotatable bonds is 2. The minimum Gasteiger partial charge on any atom is -0.385 e. The Morgan fingerprint density at radius 1 is 1.21 bits per heavy atom. The molecule has 0 atom stereocenters. The largest absolute Gasteiger partial charge is 0.385 e. The van der Waals surface area contributed by atoms with E-state index >= 15 is 0 Å². The standard InChI is InChI=1S/C16H20N2O/c1-13-3-2-12-18(13)15-4-8-16(19,9-5-15)14-6-10-17-11-7-14/h2-3,6-7,10-12,15,19H,4-5,8-9H2,1H3. The predicted octanol–water partition coefficient (Wildman–Crippen LogP) is 3.19. The van der Waals surface area contributed by atoms with Crippen LogP contribution < -0.4 is 0 Å². The van der Waals surface area contributed by atoms with Crippen molar-refractivity contribution in [1.29, 1.82) is 0 Å². The van der Waals surface area contributed by atoms with Crippen molar-refractivity contribution in [3.63, 3.8) is 0 Å². The van der Waals surface area contributed by atoms with Crippen LogP contribution in [0, 0.1) is 6.92 Å². The van der Waals surface area contributed by atoms with Crippen molar-refractivity contribution in [1.82, 2.24) is 9.55 Å². The van der Waals surface area contributed by atoms with Crippen LogP contribution in [0.3, 0.4) is 0 Å². The first kappa shape index (κ1) is 12.4. The molecule has 2 aromatic rings. The molecule has 0 bridgehead atoms. The van der Waals surface area contributed by atoms with Crippen LogP contribution in [0.25, 0.3) is 0 Å². The van der Waals surface area contributed by atoms with Gasteiger partial charge >= 0.3 is 0 Å². The number of aryl methyl sites for hydroxylation is 1. The van der Waals surface area contributed by atoms with Crippen molar-refractivity contribution in [3.05, 3.63) is 54.1 Å². The maximum atomic E-state index is 10.8. The highest BCUT2D eigenvalue weighted by Crippen LogP contribution is 2.41. The quantitative estimate of drug-likeness (QED) is 0.896. The second-order valence-electron chi connectivity index (χ2n) is 5.56. The van der Waals surface area contributed by atoms with Gasteiger partial charge in [-0.05, 0) is 62.4 Å². The molecule has 0 unspecified atom stereocenters. The van der Waals surface area contributed by atoms with Gasteiger partial charge in [0.15, 0.2) is 0 Å². The monoisotopic (exact) mass is 256 g/mol. The molecule has 2 heterocycles. The summed E-state index contributed by atoms with van der Waals surface area (Å²) < 4.78 is 2.34. The lowest BCUT2D eigenvalue weighted by Gasteiger charge is -2.37. The van der Waals surface area contributed by atoms with Crippen LogP contribution in [0.5, 0.6) is 0 Å². The molecule has 3 nitrogen and oxygen atoms in total. The number of aliphatic hydroxyl groups is 1. The van der Waals surface area contributed by atoms with E-state index in [0.717, 1.165) is 31.2 Å². The Labute approximate surface area is 113 Å². The second kappa shape index (κ2) is 4.82. The SMILES string of the molecule is Cc1cccn1C1CCC(O)(c2ccncc2)CC1. The number of pyridine rings is 1. The average Bonchev–Trinajstić information content (AvgIpc) is 2.87. The zero-order chi connectivity index (χ0) is 13.3. The van der Waals surface area contributed by atoms with Crippen molar-refractivity contribution in [2.45, 2.75) is 44.2 Å². The van der Waals surface area contributed by atoms with Gasteiger partial charge in [-0.15, -0.1) is 0 Å². The van der Waals surface area contributed by atoms with Crippen LogP contribution in [0.15, 0.2) is 42.9 Å². The molecule has 100 valence electrons. The first-order valence-electron chi connectivity index (χ1n) is 6.95. The molecule has 0 aliphatic heterocycles. The van der Waals surface area contributed by atoms with E-state index < -0.39 is 5.60 Å². The van der Waals surface area contributed by atoms with Crippen molar-refractivity contribution >= 4 is 0 Å². The van der Waals surface area contributed by atoms with Crippen LogP contribution in [-0.2, 0) is 5.60 Å². The fraction of sp³-hybridized carbons (Fsp3) is 0.438. The summed E-state index contributed by atoms with van der Waals surface area (Å²) in [4.78, 5) is 4.02. The summed E-state index contributed by atoms with van der Waals surface area (Å²) in [7, 11) is 0. The first-order valence-corrected chi connectivity index (χ1v) is 6.95. The predicted molar refractivity (Wildman–Crippen MR) is 74.8 cm³/mol. The van der Waals surface area contributed by atoms with Gasteiger partial charge < -0.3 is 9.67 Å². The number of aromatic nitrogens is 2. The van der Waals surface area contributed by atoms with Gasteiger partial charge in [-0.1, -0.05) is 0 Å². The van der Waals surface area contributed by atoms with Crippen LogP contribution >= 0.6 is 0 Å². The summed E-state index contributed by atoms with van der Waals surface area (Å²) in [6.07, 6.45) is 9.35. The molecular weight excluding hydrogens is 236 g/mol. The van der Waals surface area contributed by atoms with E-state index in [1.807, 2.05) is 12.1 Å². The summed E-state index contributed by atoms with van der Waals surface area (Å²) in [6, 6.07) is 8.63. The van der Waals surface area contributed by atoms with Crippen molar-refractivity contribution in [2.75, 3.05) is 0 Å². The molecule has 1 saturated carbocycles. The lowest BCUT2D eigenvalue weighted by atomic mass is 9.78. The Hall–Kier alpha value is -1.61. The van der Waals surface area contributed by atoms with Gasteiger partial charge in [0.05, 0.1) is 5.60 Å². The highest BCUT2D eigenvalue weighted by molar-refractivity contribution is 5.20. The molecule has 1 N–H and O–H groups in total. The van der Waals surface area contributed by atoms with Gasteiger partial charge in [0, 0.05) is 30.3 Å². The Kier molecular flexibility index (Phi) is 3.15. The lowest BCUT2D eigenvalue weighted by molar-refractivity contribution is -0.0125. The molecule has 0 amide bonds. The summed E-state index contributed by atoms with van der Waals surface area (Å²) >= 11 is 0. The molecule has 1 aliphatic carbocycles. The number of nitrogens with zero attached hydrogens (tertiary/aromatic N) is 2. The van der Waals surface area contributed by atoms with Gasteiger partial charge in [-0.2, -0.15) is 0 Å². The highest BCUT2D eigenvalue weighted by atomic mass is 16.3. The van der Waals surface area contributed by atoms with Crippen LogP contribution in [-0.4, -0.2) is 14.7 Å².